The summed E-state index contributed by atoms with van der Waals surface area (Å²) >= 11 is 0. The number of piperidine rings is 1. The maximum atomic E-state index is 6.61. The summed E-state index contributed by atoms with van der Waals surface area (Å²) in [5.74, 6) is 1.78. The molecule has 1 saturated heterocycles. The number of hydrogen-bond donors (Lipinski definition) is 1. The Morgan fingerprint density at radius 1 is 1.15 bits per heavy atom. The highest BCUT2D eigenvalue weighted by molar-refractivity contribution is 5.39. The lowest BCUT2D eigenvalue weighted by Gasteiger charge is -2.47. The fourth-order valence-corrected chi connectivity index (χ4v) is 4.50. The summed E-state index contributed by atoms with van der Waals surface area (Å²) < 4.78 is 6.61. The van der Waals surface area contributed by atoms with Crippen LogP contribution in [0.2, 0.25) is 0 Å². The van der Waals surface area contributed by atoms with Crippen molar-refractivity contribution in [1.82, 2.24) is 15.2 Å². The number of rotatable bonds is 5. The van der Waals surface area contributed by atoms with Gasteiger partial charge in [-0.25, -0.2) is 0 Å². The normalized spacial score (nSPS) is 21.8. The average Bonchev–Trinajstić information content (AvgIpc) is 2.68. The van der Waals surface area contributed by atoms with Crippen molar-refractivity contribution in [3.8, 4) is 5.75 Å². The van der Waals surface area contributed by atoms with Crippen LogP contribution in [0.4, 0.5) is 0 Å². The topological polar surface area (TPSA) is 37.4 Å². The first-order valence-corrected chi connectivity index (χ1v) is 10.3. The summed E-state index contributed by atoms with van der Waals surface area (Å²) in [4.78, 5) is 7.05. The van der Waals surface area contributed by atoms with Crippen molar-refractivity contribution in [2.24, 2.45) is 5.92 Å². The van der Waals surface area contributed by atoms with Gasteiger partial charge in [0.05, 0.1) is 5.69 Å². The lowest BCUT2D eigenvalue weighted by atomic mass is 9.80. The second kappa shape index (κ2) is 7.99. The Hall–Kier alpha value is -1.91. The number of fused-ring (bicyclic) bond motifs is 1. The number of likely N-dealkylation sites (tertiary alicyclic amines) is 1. The molecule has 3 heterocycles. The van der Waals surface area contributed by atoms with Gasteiger partial charge in [-0.1, -0.05) is 38.1 Å². The van der Waals surface area contributed by atoms with E-state index in [1.54, 1.807) is 0 Å². The first-order chi connectivity index (χ1) is 13.1. The number of nitrogens with zero attached hydrogens (tertiary/aromatic N) is 2. The summed E-state index contributed by atoms with van der Waals surface area (Å²) in [5, 5.41) is 3.75. The summed E-state index contributed by atoms with van der Waals surface area (Å²) in [6, 6.07) is 14.9. The first-order valence-electron chi connectivity index (χ1n) is 10.3. The number of benzene rings is 1. The van der Waals surface area contributed by atoms with Crippen LogP contribution in [-0.4, -0.2) is 35.1 Å². The lowest BCUT2D eigenvalue weighted by molar-refractivity contribution is -0.0274. The maximum Gasteiger partial charge on any atom is 0.124 e. The molecule has 1 aromatic carbocycles. The van der Waals surface area contributed by atoms with Gasteiger partial charge in [0.15, 0.2) is 0 Å². The molecule has 144 valence electrons. The van der Waals surface area contributed by atoms with Crippen molar-refractivity contribution >= 4 is 0 Å². The number of pyridine rings is 1. The molecule has 0 saturated carbocycles. The number of hydrogen-bond acceptors (Lipinski definition) is 4. The van der Waals surface area contributed by atoms with E-state index in [9.17, 15) is 0 Å². The smallest absolute Gasteiger partial charge is 0.124 e. The fourth-order valence-electron chi connectivity index (χ4n) is 4.50. The van der Waals surface area contributed by atoms with Crippen molar-refractivity contribution in [3.63, 3.8) is 0 Å². The van der Waals surface area contributed by atoms with Crippen LogP contribution < -0.4 is 10.1 Å². The van der Waals surface area contributed by atoms with Gasteiger partial charge in [-0.15, -0.1) is 0 Å². The number of para-hydroxylation sites is 1. The minimum Gasteiger partial charge on any atom is -0.487 e. The third-order valence-electron chi connectivity index (χ3n) is 5.84. The minimum absolute atomic E-state index is 0.0381. The zero-order valence-corrected chi connectivity index (χ0v) is 16.5. The van der Waals surface area contributed by atoms with E-state index in [1.807, 2.05) is 18.3 Å². The van der Waals surface area contributed by atoms with Crippen LogP contribution >= 0.6 is 0 Å². The van der Waals surface area contributed by atoms with Crippen LogP contribution in [0.1, 0.15) is 50.4 Å². The Balaban J connectivity index is 1.48. The molecule has 2 aliphatic heterocycles. The molecule has 1 fully saturated rings. The van der Waals surface area contributed by atoms with E-state index in [-0.39, 0.29) is 5.60 Å². The van der Waals surface area contributed by atoms with Gasteiger partial charge in [0.1, 0.15) is 11.4 Å². The third kappa shape index (κ3) is 4.33. The molecule has 27 heavy (non-hydrogen) atoms. The molecule has 2 aliphatic rings. The molecule has 1 atom stereocenters. The van der Waals surface area contributed by atoms with Crippen molar-refractivity contribution in [1.29, 1.82) is 0 Å². The molecule has 0 amide bonds. The maximum absolute atomic E-state index is 6.61. The summed E-state index contributed by atoms with van der Waals surface area (Å²) in [5.41, 5.74) is 2.33. The minimum atomic E-state index is -0.0381. The van der Waals surface area contributed by atoms with Crippen LogP contribution in [0.25, 0.3) is 0 Å². The van der Waals surface area contributed by atoms with Gasteiger partial charge in [-0.05, 0) is 37.0 Å². The Kier molecular flexibility index (Phi) is 5.46. The quantitative estimate of drug-likeness (QED) is 0.862. The lowest BCUT2D eigenvalue weighted by Crippen LogP contribution is -2.52. The van der Waals surface area contributed by atoms with E-state index in [0.29, 0.717) is 6.04 Å². The largest absolute Gasteiger partial charge is 0.487 e. The Labute approximate surface area is 162 Å². The van der Waals surface area contributed by atoms with Gasteiger partial charge in [-0.3, -0.25) is 4.98 Å². The predicted molar refractivity (Wildman–Crippen MR) is 109 cm³/mol. The number of aromatic nitrogens is 1. The van der Waals surface area contributed by atoms with Crippen LogP contribution in [0, 0.1) is 5.92 Å². The molecular weight excluding hydrogens is 334 g/mol. The van der Waals surface area contributed by atoms with E-state index >= 15 is 0 Å². The van der Waals surface area contributed by atoms with Crippen molar-refractivity contribution in [3.05, 3.63) is 59.9 Å². The molecule has 0 aliphatic carbocycles. The van der Waals surface area contributed by atoms with E-state index in [4.69, 9.17) is 4.74 Å². The van der Waals surface area contributed by atoms with E-state index in [2.05, 4.69) is 59.4 Å². The van der Waals surface area contributed by atoms with E-state index < -0.39 is 0 Å². The highest BCUT2D eigenvalue weighted by Crippen LogP contribution is 2.44. The zero-order valence-electron chi connectivity index (χ0n) is 16.5. The second-order valence-electron chi connectivity index (χ2n) is 8.48. The average molecular weight is 366 g/mol. The van der Waals surface area contributed by atoms with Gasteiger partial charge in [0.25, 0.3) is 0 Å². The van der Waals surface area contributed by atoms with Gasteiger partial charge in [-0.2, -0.15) is 0 Å². The SMILES string of the molecule is CC(C)CN1CCC2(CC1)C[C@@H](NCc1ccccn1)c1ccccc1O2. The molecule has 1 aromatic heterocycles. The predicted octanol–water partition coefficient (Wildman–Crippen LogP) is 4.19. The van der Waals surface area contributed by atoms with Gasteiger partial charge in [0, 0.05) is 50.4 Å². The van der Waals surface area contributed by atoms with Crippen LogP contribution in [0.15, 0.2) is 48.7 Å². The third-order valence-corrected chi connectivity index (χ3v) is 5.84. The molecule has 1 spiro atoms. The van der Waals surface area contributed by atoms with Crippen molar-refractivity contribution in [2.45, 2.75) is 51.3 Å². The van der Waals surface area contributed by atoms with Gasteiger partial charge in [0.2, 0.25) is 0 Å². The highest BCUT2D eigenvalue weighted by atomic mass is 16.5. The molecular formula is C23H31N3O. The Morgan fingerprint density at radius 2 is 1.93 bits per heavy atom. The second-order valence-corrected chi connectivity index (χ2v) is 8.48. The summed E-state index contributed by atoms with van der Waals surface area (Å²) in [6.07, 6.45) is 5.11. The monoisotopic (exact) mass is 365 g/mol. The van der Waals surface area contributed by atoms with E-state index in [1.165, 1.54) is 12.1 Å². The first kappa shape index (κ1) is 18.5. The fraction of sp³-hybridized carbons (Fsp3) is 0.522. The molecule has 0 bridgehead atoms. The summed E-state index contributed by atoms with van der Waals surface area (Å²) in [7, 11) is 0. The molecule has 0 radical (unpaired) electrons. The van der Waals surface area contributed by atoms with Gasteiger partial charge >= 0.3 is 0 Å². The number of nitrogens with one attached hydrogen (secondary N) is 1. The van der Waals surface area contributed by atoms with Crippen LogP contribution in [-0.2, 0) is 6.54 Å². The highest BCUT2D eigenvalue weighted by Gasteiger charge is 2.43. The molecule has 4 nitrogen and oxygen atoms in total. The molecule has 0 unspecified atom stereocenters. The Bertz CT molecular complexity index is 738. The molecule has 4 rings (SSSR count). The van der Waals surface area contributed by atoms with Crippen molar-refractivity contribution in [2.75, 3.05) is 19.6 Å². The summed E-state index contributed by atoms with van der Waals surface area (Å²) in [6.45, 7) is 8.84. The molecule has 1 N–H and O–H groups in total. The number of ether oxygens (including phenoxy) is 1. The van der Waals surface area contributed by atoms with Crippen LogP contribution in [0.5, 0.6) is 5.75 Å². The standard InChI is InChI=1S/C23H31N3O/c1-18(2)17-26-13-10-23(11-14-26)15-21(20-8-3-4-9-22(20)27-23)25-16-19-7-5-6-12-24-19/h3-9,12,18,21,25H,10-11,13-17H2,1-2H3/t21-/m1/s1. The van der Waals surface area contributed by atoms with Crippen LogP contribution in [0.3, 0.4) is 0 Å². The van der Waals surface area contributed by atoms with Crippen molar-refractivity contribution < 1.29 is 4.74 Å². The van der Waals surface area contributed by atoms with Gasteiger partial charge < -0.3 is 15.0 Å². The Morgan fingerprint density at radius 3 is 2.67 bits per heavy atom. The molecule has 2 aromatic rings. The van der Waals surface area contributed by atoms with E-state index in [0.717, 1.165) is 56.3 Å². The zero-order chi connectivity index (χ0) is 18.7. The molecule has 4 heteroatoms.